The van der Waals surface area contributed by atoms with Crippen LogP contribution in [0, 0.1) is 0 Å². The molecule has 0 fully saturated rings. The van der Waals surface area contributed by atoms with E-state index in [9.17, 15) is 9.36 Å². The van der Waals surface area contributed by atoms with E-state index in [4.69, 9.17) is 9.79 Å². The van der Waals surface area contributed by atoms with Gasteiger partial charge in [0, 0.05) is 11.3 Å². The molecule has 1 atom stereocenters. The van der Waals surface area contributed by atoms with Gasteiger partial charge in [-0.2, -0.15) is 0 Å². The molecule has 0 bridgehead atoms. The molecule has 1 rings (SSSR count). The average Bonchev–Trinajstić information content (AvgIpc) is 2.57. The van der Waals surface area contributed by atoms with E-state index in [1.807, 2.05) is 30.5 Å². The van der Waals surface area contributed by atoms with Crippen LogP contribution in [0.1, 0.15) is 57.1 Å². The molecule has 1 aromatic rings. The molecule has 0 saturated carbocycles. The molecule has 6 nitrogen and oxygen atoms in total. The van der Waals surface area contributed by atoms with Gasteiger partial charge in [-0.3, -0.25) is 9.32 Å². The van der Waals surface area contributed by atoms with Crippen molar-refractivity contribution in [2.45, 2.75) is 56.4 Å². The molecule has 25 heavy (non-hydrogen) atoms. The van der Waals surface area contributed by atoms with Crippen molar-refractivity contribution in [1.82, 2.24) is 5.32 Å². The van der Waals surface area contributed by atoms with Crippen LogP contribution in [-0.2, 0) is 13.9 Å². The zero-order chi connectivity index (χ0) is 18.7. The second kappa shape index (κ2) is 11.7. The molecule has 0 aliphatic heterocycles. The summed E-state index contributed by atoms with van der Waals surface area (Å²) >= 11 is 1.56. The van der Waals surface area contributed by atoms with Crippen molar-refractivity contribution in [2.75, 3.05) is 12.9 Å². The van der Waals surface area contributed by atoms with Crippen molar-refractivity contribution in [1.29, 1.82) is 0 Å². The number of thioether (sulfide) groups is 1. The number of amides is 1. The molecular formula is C17H28NO5PS. The number of phosphoric ester groups is 1. The summed E-state index contributed by atoms with van der Waals surface area (Å²) in [4.78, 5) is 31.1. The van der Waals surface area contributed by atoms with Crippen LogP contribution in [0.4, 0.5) is 0 Å². The summed E-state index contributed by atoms with van der Waals surface area (Å²) in [6.45, 7) is 1.87. The smallest absolute Gasteiger partial charge is 0.347 e. The lowest BCUT2D eigenvalue weighted by atomic mass is 10.1. The molecule has 0 heterocycles. The highest BCUT2D eigenvalue weighted by Crippen LogP contribution is 2.37. The van der Waals surface area contributed by atoms with Crippen LogP contribution >= 0.6 is 19.6 Å². The SMILES string of the molecule is CCCCCCCC(=O)NC(COP(=O)(O)O)c1cccc(SC)c1. The van der Waals surface area contributed by atoms with E-state index in [1.54, 1.807) is 11.8 Å². The predicted molar refractivity (Wildman–Crippen MR) is 100 cm³/mol. The topological polar surface area (TPSA) is 95.9 Å². The van der Waals surface area contributed by atoms with Crippen molar-refractivity contribution in [2.24, 2.45) is 0 Å². The maximum absolute atomic E-state index is 12.2. The third-order valence-corrected chi connectivity index (χ3v) is 4.96. The number of unbranched alkanes of at least 4 members (excludes halogenated alkanes) is 4. The number of carbonyl (C=O) groups excluding carboxylic acids is 1. The number of hydrogen-bond acceptors (Lipinski definition) is 4. The molecule has 3 N–H and O–H groups in total. The predicted octanol–water partition coefficient (Wildman–Crippen LogP) is 4.04. The highest BCUT2D eigenvalue weighted by atomic mass is 32.2. The third kappa shape index (κ3) is 10.0. The van der Waals surface area contributed by atoms with Gasteiger partial charge in [0.1, 0.15) is 0 Å². The molecule has 0 spiro atoms. The second-order valence-corrected chi connectivity index (χ2v) is 7.97. The molecule has 0 saturated heterocycles. The molecule has 1 unspecified atom stereocenters. The Hall–Kier alpha value is -0.850. The van der Waals surface area contributed by atoms with E-state index in [0.717, 1.165) is 36.1 Å². The summed E-state index contributed by atoms with van der Waals surface area (Å²) in [7, 11) is -4.59. The van der Waals surface area contributed by atoms with Crippen molar-refractivity contribution < 1.29 is 23.7 Å². The van der Waals surface area contributed by atoms with E-state index in [0.29, 0.717) is 6.42 Å². The number of hydrogen-bond donors (Lipinski definition) is 3. The molecule has 0 radical (unpaired) electrons. The van der Waals surface area contributed by atoms with Crippen molar-refractivity contribution >= 4 is 25.5 Å². The quantitative estimate of drug-likeness (QED) is 0.284. The fourth-order valence-electron chi connectivity index (χ4n) is 2.41. The lowest BCUT2D eigenvalue weighted by molar-refractivity contribution is -0.122. The first-order chi connectivity index (χ1) is 11.9. The number of benzene rings is 1. The molecule has 0 aliphatic carbocycles. The molecule has 1 aromatic carbocycles. The first-order valence-electron chi connectivity index (χ1n) is 8.49. The van der Waals surface area contributed by atoms with Crippen LogP contribution in [0.5, 0.6) is 0 Å². The molecule has 142 valence electrons. The average molecular weight is 389 g/mol. The fourth-order valence-corrected chi connectivity index (χ4v) is 3.22. The summed E-state index contributed by atoms with van der Waals surface area (Å²) in [6.07, 6.45) is 7.59. The minimum Gasteiger partial charge on any atom is -0.347 e. The van der Waals surface area contributed by atoms with Gasteiger partial charge in [-0.1, -0.05) is 44.7 Å². The third-order valence-electron chi connectivity index (χ3n) is 3.75. The van der Waals surface area contributed by atoms with Gasteiger partial charge < -0.3 is 15.1 Å². The summed E-state index contributed by atoms with van der Waals surface area (Å²) in [5, 5.41) is 2.83. The number of nitrogens with one attached hydrogen (secondary N) is 1. The summed E-state index contributed by atoms with van der Waals surface area (Å²) < 4.78 is 15.6. The van der Waals surface area contributed by atoms with Gasteiger partial charge in [0.15, 0.2) is 0 Å². The van der Waals surface area contributed by atoms with Gasteiger partial charge in [-0.05, 0) is 30.4 Å². The number of phosphoric acid groups is 1. The Labute approximate surface area is 154 Å². The second-order valence-electron chi connectivity index (χ2n) is 5.85. The fraction of sp³-hybridized carbons (Fsp3) is 0.588. The summed E-state index contributed by atoms with van der Waals surface area (Å²) in [5.41, 5.74) is 0.764. The summed E-state index contributed by atoms with van der Waals surface area (Å²) in [5.74, 6) is -0.134. The molecular weight excluding hydrogens is 361 g/mol. The van der Waals surface area contributed by atoms with E-state index in [2.05, 4.69) is 16.8 Å². The molecule has 0 aromatic heterocycles. The van der Waals surface area contributed by atoms with Crippen LogP contribution < -0.4 is 5.32 Å². The van der Waals surface area contributed by atoms with Gasteiger partial charge in [0.25, 0.3) is 0 Å². The summed E-state index contributed by atoms with van der Waals surface area (Å²) in [6, 6.07) is 6.89. The van der Waals surface area contributed by atoms with Gasteiger partial charge in [0.2, 0.25) is 5.91 Å². The monoisotopic (exact) mass is 389 g/mol. The van der Waals surface area contributed by atoms with Crippen molar-refractivity contribution in [3.05, 3.63) is 29.8 Å². The minimum absolute atomic E-state index is 0.134. The lowest BCUT2D eigenvalue weighted by Gasteiger charge is -2.20. The Balaban J connectivity index is 2.67. The van der Waals surface area contributed by atoms with Gasteiger partial charge in [0.05, 0.1) is 12.6 Å². The minimum atomic E-state index is -4.59. The Kier molecular flexibility index (Phi) is 10.4. The van der Waals surface area contributed by atoms with Crippen LogP contribution in [0.2, 0.25) is 0 Å². The van der Waals surface area contributed by atoms with E-state index in [-0.39, 0.29) is 12.5 Å². The van der Waals surface area contributed by atoms with Crippen LogP contribution in [-0.4, -0.2) is 28.6 Å². The van der Waals surface area contributed by atoms with E-state index < -0.39 is 13.9 Å². The van der Waals surface area contributed by atoms with Gasteiger partial charge >= 0.3 is 7.82 Å². The Bertz CT molecular complexity index is 578. The largest absolute Gasteiger partial charge is 0.469 e. The van der Waals surface area contributed by atoms with Crippen molar-refractivity contribution in [3.63, 3.8) is 0 Å². The first-order valence-corrected chi connectivity index (χ1v) is 11.2. The first kappa shape index (κ1) is 22.2. The maximum atomic E-state index is 12.2. The Morgan fingerprint density at radius 1 is 1.28 bits per heavy atom. The standard InChI is InChI=1S/C17H28NO5PS/c1-3-4-5-6-7-11-17(19)18-16(13-23-24(20,21)22)14-9-8-10-15(12-14)25-2/h8-10,12,16H,3-7,11,13H2,1-2H3,(H,18,19)(H2,20,21,22). The van der Waals surface area contributed by atoms with E-state index >= 15 is 0 Å². The Morgan fingerprint density at radius 3 is 2.64 bits per heavy atom. The Morgan fingerprint density at radius 2 is 2.00 bits per heavy atom. The lowest BCUT2D eigenvalue weighted by Crippen LogP contribution is -2.31. The highest BCUT2D eigenvalue weighted by molar-refractivity contribution is 7.98. The van der Waals surface area contributed by atoms with Gasteiger partial charge in [-0.15, -0.1) is 11.8 Å². The van der Waals surface area contributed by atoms with Crippen molar-refractivity contribution in [3.8, 4) is 0 Å². The molecule has 1 amide bonds. The number of rotatable bonds is 12. The molecule has 0 aliphatic rings. The zero-order valence-electron chi connectivity index (χ0n) is 14.8. The van der Waals surface area contributed by atoms with Crippen LogP contribution in [0.15, 0.2) is 29.2 Å². The highest BCUT2D eigenvalue weighted by Gasteiger charge is 2.21. The maximum Gasteiger partial charge on any atom is 0.469 e. The molecule has 8 heteroatoms. The van der Waals surface area contributed by atoms with Gasteiger partial charge in [-0.25, -0.2) is 4.57 Å². The number of carbonyl (C=O) groups is 1. The van der Waals surface area contributed by atoms with E-state index in [1.165, 1.54) is 6.42 Å². The zero-order valence-corrected chi connectivity index (χ0v) is 16.5. The van der Waals surface area contributed by atoms with Crippen LogP contribution in [0.3, 0.4) is 0 Å². The van der Waals surface area contributed by atoms with Crippen LogP contribution in [0.25, 0.3) is 0 Å². The normalized spacial score (nSPS) is 12.8.